The first-order chi connectivity index (χ1) is 13.0. The molecule has 0 saturated carbocycles. The summed E-state index contributed by atoms with van der Waals surface area (Å²) < 4.78 is 5.41. The van der Waals surface area contributed by atoms with Crippen molar-refractivity contribution in [2.75, 3.05) is 43.5 Å². The number of carbonyl (C=O) groups excluding carboxylic acids is 2. The van der Waals surface area contributed by atoms with Crippen LogP contribution in [-0.2, 0) is 9.59 Å². The lowest BCUT2D eigenvalue weighted by atomic mass is 10.1. The third-order valence-corrected chi connectivity index (χ3v) is 4.83. The minimum atomic E-state index is -0.588. The summed E-state index contributed by atoms with van der Waals surface area (Å²) in [6.07, 6.45) is 0. The van der Waals surface area contributed by atoms with Gasteiger partial charge in [0.25, 0.3) is 0 Å². The highest BCUT2D eigenvalue weighted by atomic mass is 16.5. The van der Waals surface area contributed by atoms with E-state index in [9.17, 15) is 9.59 Å². The van der Waals surface area contributed by atoms with E-state index in [2.05, 4.69) is 10.2 Å². The zero-order valence-electron chi connectivity index (χ0n) is 16.0. The number of carbonyl (C=O) groups is 2. The number of nitrogens with one attached hydrogen (secondary N) is 1. The van der Waals surface area contributed by atoms with Crippen LogP contribution in [0, 0.1) is 13.8 Å². The van der Waals surface area contributed by atoms with Crippen LogP contribution in [0.3, 0.4) is 0 Å². The molecule has 1 saturated heterocycles. The maximum Gasteiger partial charge on any atom is 0.313 e. The van der Waals surface area contributed by atoms with Crippen molar-refractivity contribution in [3.05, 3.63) is 53.6 Å². The van der Waals surface area contributed by atoms with E-state index in [1.807, 2.05) is 56.3 Å². The van der Waals surface area contributed by atoms with E-state index in [4.69, 9.17) is 4.74 Å². The summed E-state index contributed by atoms with van der Waals surface area (Å²) in [4.78, 5) is 28.7. The number of para-hydroxylation sites is 2. The number of rotatable bonds is 3. The first-order valence-electron chi connectivity index (χ1n) is 9.05. The number of benzene rings is 2. The summed E-state index contributed by atoms with van der Waals surface area (Å²) in [6.45, 7) is 6.17. The van der Waals surface area contributed by atoms with Crippen molar-refractivity contribution in [2.24, 2.45) is 0 Å². The van der Waals surface area contributed by atoms with E-state index in [0.29, 0.717) is 31.9 Å². The van der Waals surface area contributed by atoms with Gasteiger partial charge < -0.3 is 19.9 Å². The molecule has 1 aliphatic rings. The second kappa shape index (κ2) is 8.12. The van der Waals surface area contributed by atoms with Gasteiger partial charge in [0.15, 0.2) is 0 Å². The molecule has 0 aliphatic carbocycles. The fourth-order valence-corrected chi connectivity index (χ4v) is 3.23. The Balaban J connectivity index is 1.61. The van der Waals surface area contributed by atoms with E-state index in [1.165, 1.54) is 0 Å². The second-order valence-electron chi connectivity index (χ2n) is 6.72. The number of amides is 2. The van der Waals surface area contributed by atoms with Crippen LogP contribution in [0.2, 0.25) is 0 Å². The van der Waals surface area contributed by atoms with Gasteiger partial charge in [-0.15, -0.1) is 0 Å². The van der Waals surface area contributed by atoms with Crippen molar-refractivity contribution in [1.29, 1.82) is 0 Å². The molecule has 6 nitrogen and oxygen atoms in total. The molecule has 2 amide bonds. The molecule has 2 aromatic carbocycles. The van der Waals surface area contributed by atoms with Crippen LogP contribution in [0.5, 0.6) is 5.75 Å². The standard InChI is InChI=1S/C21H25N3O3/c1-15-8-9-16(2)17(14-15)22-20(25)21(26)24-12-10-23(11-13-24)18-6-4-5-7-19(18)27-3/h4-9,14H,10-13H2,1-3H3,(H,22,25). The highest BCUT2D eigenvalue weighted by Gasteiger charge is 2.27. The molecular formula is C21H25N3O3. The van der Waals surface area contributed by atoms with Gasteiger partial charge in [0.2, 0.25) is 0 Å². The maximum atomic E-state index is 12.5. The number of aryl methyl sites for hydroxylation is 2. The van der Waals surface area contributed by atoms with Gasteiger partial charge in [0.1, 0.15) is 5.75 Å². The lowest BCUT2D eigenvalue weighted by Crippen LogP contribution is -2.51. The van der Waals surface area contributed by atoms with Crippen LogP contribution in [-0.4, -0.2) is 50.0 Å². The van der Waals surface area contributed by atoms with Crippen molar-refractivity contribution < 1.29 is 14.3 Å². The predicted molar refractivity (Wildman–Crippen MR) is 106 cm³/mol. The zero-order chi connectivity index (χ0) is 19.4. The van der Waals surface area contributed by atoms with Crippen molar-refractivity contribution >= 4 is 23.2 Å². The van der Waals surface area contributed by atoms with E-state index < -0.39 is 11.8 Å². The van der Waals surface area contributed by atoms with E-state index >= 15 is 0 Å². The van der Waals surface area contributed by atoms with Crippen LogP contribution in [0.1, 0.15) is 11.1 Å². The highest BCUT2D eigenvalue weighted by molar-refractivity contribution is 6.39. The van der Waals surface area contributed by atoms with Crippen molar-refractivity contribution in [1.82, 2.24) is 4.90 Å². The van der Waals surface area contributed by atoms with Gasteiger partial charge >= 0.3 is 11.8 Å². The number of ether oxygens (including phenoxy) is 1. The Hall–Kier alpha value is -3.02. The minimum absolute atomic E-state index is 0.490. The SMILES string of the molecule is COc1ccccc1N1CCN(C(=O)C(=O)Nc2cc(C)ccc2C)CC1. The molecule has 0 bridgehead atoms. The highest BCUT2D eigenvalue weighted by Crippen LogP contribution is 2.28. The van der Waals surface area contributed by atoms with Gasteiger partial charge in [0.05, 0.1) is 12.8 Å². The Bertz CT molecular complexity index is 842. The Morgan fingerprint density at radius 1 is 1.00 bits per heavy atom. The van der Waals surface area contributed by atoms with Gasteiger partial charge in [-0.05, 0) is 43.2 Å². The quantitative estimate of drug-likeness (QED) is 0.847. The number of piperazine rings is 1. The fourth-order valence-electron chi connectivity index (χ4n) is 3.23. The fraction of sp³-hybridized carbons (Fsp3) is 0.333. The predicted octanol–water partition coefficient (Wildman–Crippen LogP) is 2.60. The van der Waals surface area contributed by atoms with Crippen LogP contribution >= 0.6 is 0 Å². The molecule has 0 aromatic heterocycles. The molecular weight excluding hydrogens is 342 g/mol. The molecule has 0 radical (unpaired) electrons. The molecule has 142 valence electrons. The summed E-state index contributed by atoms with van der Waals surface area (Å²) >= 11 is 0. The van der Waals surface area contributed by atoms with Crippen molar-refractivity contribution in [2.45, 2.75) is 13.8 Å². The van der Waals surface area contributed by atoms with Crippen LogP contribution in [0.4, 0.5) is 11.4 Å². The van der Waals surface area contributed by atoms with Gasteiger partial charge in [-0.3, -0.25) is 9.59 Å². The third kappa shape index (κ3) is 4.22. The monoisotopic (exact) mass is 367 g/mol. The zero-order valence-corrected chi connectivity index (χ0v) is 16.0. The van der Waals surface area contributed by atoms with Crippen molar-refractivity contribution in [3.8, 4) is 5.75 Å². The first kappa shape index (κ1) is 18.8. The molecule has 1 heterocycles. The largest absolute Gasteiger partial charge is 0.495 e. The molecule has 6 heteroatoms. The van der Waals surface area contributed by atoms with Crippen LogP contribution < -0.4 is 15.0 Å². The summed E-state index contributed by atoms with van der Waals surface area (Å²) in [7, 11) is 1.65. The molecule has 2 aromatic rings. The smallest absolute Gasteiger partial charge is 0.313 e. The topological polar surface area (TPSA) is 61.9 Å². The van der Waals surface area contributed by atoms with Crippen molar-refractivity contribution in [3.63, 3.8) is 0 Å². The Morgan fingerprint density at radius 3 is 2.41 bits per heavy atom. The second-order valence-corrected chi connectivity index (χ2v) is 6.72. The summed E-state index contributed by atoms with van der Waals surface area (Å²) in [6, 6.07) is 13.6. The average Bonchev–Trinajstić information content (AvgIpc) is 2.70. The van der Waals surface area contributed by atoms with E-state index in [1.54, 1.807) is 12.0 Å². The Morgan fingerprint density at radius 2 is 1.70 bits per heavy atom. The van der Waals surface area contributed by atoms with Crippen LogP contribution in [0.25, 0.3) is 0 Å². The van der Waals surface area contributed by atoms with E-state index in [0.717, 1.165) is 22.6 Å². The molecule has 27 heavy (non-hydrogen) atoms. The first-order valence-corrected chi connectivity index (χ1v) is 9.05. The van der Waals surface area contributed by atoms with E-state index in [-0.39, 0.29) is 0 Å². The minimum Gasteiger partial charge on any atom is -0.495 e. The summed E-state index contributed by atoms with van der Waals surface area (Å²) in [5.74, 6) is -0.269. The molecule has 1 aliphatic heterocycles. The molecule has 1 N–H and O–H groups in total. The maximum absolute atomic E-state index is 12.5. The van der Waals surface area contributed by atoms with Gasteiger partial charge in [-0.1, -0.05) is 24.3 Å². The number of nitrogens with zero attached hydrogens (tertiary/aromatic N) is 2. The normalized spacial score (nSPS) is 14.0. The number of anilines is 2. The molecule has 0 unspecified atom stereocenters. The number of methoxy groups -OCH3 is 1. The van der Waals surface area contributed by atoms with Crippen LogP contribution in [0.15, 0.2) is 42.5 Å². The van der Waals surface area contributed by atoms with Gasteiger partial charge in [-0.25, -0.2) is 0 Å². The lowest BCUT2D eigenvalue weighted by molar-refractivity contribution is -0.143. The molecule has 0 atom stereocenters. The van der Waals surface area contributed by atoms with Gasteiger partial charge in [0, 0.05) is 31.9 Å². The molecule has 0 spiro atoms. The average molecular weight is 367 g/mol. The summed E-state index contributed by atoms with van der Waals surface area (Å²) in [5, 5.41) is 2.75. The number of hydrogen-bond acceptors (Lipinski definition) is 4. The summed E-state index contributed by atoms with van der Waals surface area (Å²) in [5.41, 5.74) is 3.66. The number of hydrogen-bond donors (Lipinski definition) is 1. The third-order valence-electron chi connectivity index (χ3n) is 4.83. The Labute approximate surface area is 159 Å². The molecule has 3 rings (SSSR count). The lowest BCUT2D eigenvalue weighted by Gasteiger charge is -2.36. The van der Waals surface area contributed by atoms with Gasteiger partial charge in [-0.2, -0.15) is 0 Å². The molecule has 1 fully saturated rings. The Kier molecular flexibility index (Phi) is 5.64.